The molecule has 32 heavy (non-hydrogen) atoms. The Labute approximate surface area is 200 Å². The number of carbonyl (C=O) groups is 1. The van der Waals surface area contributed by atoms with Gasteiger partial charge in [-0.3, -0.25) is 4.79 Å². The van der Waals surface area contributed by atoms with Crippen molar-refractivity contribution < 1.29 is 9.53 Å². The molecule has 0 radical (unpaired) electrons. The molecule has 186 valence electrons. The van der Waals surface area contributed by atoms with E-state index in [-0.39, 0.29) is 16.8 Å². The van der Waals surface area contributed by atoms with Crippen molar-refractivity contribution in [3.8, 4) is 0 Å². The number of unbranched alkanes of at least 4 members (excludes halogenated alkanes) is 5. The molecular weight excluding hydrogens is 392 g/mol. The lowest BCUT2D eigenvalue weighted by molar-refractivity contribution is -0.175. The van der Waals surface area contributed by atoms with E-state index in [0.717, 1.165) is 31.1 Å². The molecule has 0 aromatic rings. The average Bonchev–Trinajstić information content (AvgIpc) is 2.85. The van der Waals surface area contributed by atoms with Gasteiger partial charge in [-0.2, -0.15) is 0 Å². The van der Waals surface area contributed by atoms with Crippen molar-refractivity contribution >= 4 is 5.97 Å². The van der Waals surface area contributed by atoms with Crippen LogP contribution < -0.4 is 0 Å². The molecule has 3 aliphatic rings. The largest absolute Gasteiger partial charge is 0.465 e. The molecule has 3 fully saturated rings. The Hall–Kier alpha value is -0.530. The standard InChI is InChI=1S/C30H54O2/c1-3-5-7-12-20-29(23-18-27(19-24-29)26-16-10-8-11-17-26)30(21-13-9-14-22-30)28(31)32-25-15-6-4-2/h26-27H,3-25H2,1-2H3/t27-,29+. The van der Waals surface area contributed by atoms with Crippen molar-refractivity contribution in [1.82, 2.24) is 0 Å². The maximum atomic E-state index is 13.8. The van der Waals surface area contributed by atoms with Crippen molar-refractivity contribution in [3.05, 3.63) is 0 Å². The molecule has 0 aromatic heterocycles. The highest BCUT2D eigenvalue weighted by Gasteiger charge is 2.57. The maximum absolute atomic E-state index is 13.8. The van der Waals surface area contributed by atoms with E-state index in [1.807, 2.05) is 0 Å². The Bertz CT molecular complexity index is 519. The molecule has 0 atom stereocenters. The second-order valence-electron chi connectivity index (χ2n) is 11.8. The van der Waals surface area contributed by atoms with Crippen molar-refractivity contribution in [1.29, 1.82) is 0 Å². The highest BCUT2D eigenvalue weighted by molar-refractivity contribution is 5.78. The normalized spacial score (nSPS) is 29.0. The Morgan fingerprint density at radius 3 is 1.94 bits per heavy atom. The summed E-state index contributed by atoms with van der Waals surface area (Å²) in [5.41, 5.74) is 0.0371. The second kappa shape index (κ2) is 13.4. The third kappa shape index (κ3) is 6.32. The van der Waals surface area contributed by atoms with Gasteiger partial charge in [0.2, 0.25) is 0 Å². The summed E-state index contributed by atoms with van der Waals surface area (Å²) in [5.74, 6) is 2.12. The van der Waals surface area contributed by atoms with E-state index >= 15 is 0 Å². The first-order chi connectivity index (χ1) is 15.7. The zero-order valence-corrected chi connectivity index (χ0v) is 21.7. The van der Waals surface area contributed by atoms with Gasteiger partial charge in [-0.15, -0.1) is 0 Å². The lowest BCUT2D eigenvalue weighted by atomic mass is 9.49. The van der Waals surface area contributed by atoms with Crippen LogP contribution in [0.3, 0.4) is 0 Å². The summed E-state index contributed by atoms with van der Waals surface area (Å²) in [6, 6.07) is 0. The van der Waals surface area contributed by atoms with E-state index in [1.54, 1.807) is 0 Å². The van der Waals surface area contributed by atoms with Gasteiger partial charge in [0.25, 0.3) is 0 Å². The molecule has 0 unspecified atom stereocenters. The minimum absolute atomic E-state index is 0.179. The van der Waals surface area contributed by atoms with Crippen LogP contribution in [0, 0.1) is 22.7 Å². The first-order valence-corrected chi connectivity index (χ1v) is 14.8. The van der Waals surface area contributed by atoms with Crippen LogP contribution in [0.4, 0.5) is 0 Å². The Morgan fingerprint density at radius 1 is 0.688 bits per heavy atom. The molecule has 2 nitrogen and oxygen atoms in total. The van der Waals surface area contributed by atoms with Crippen LogP contribution in [0.25, 0.3) is 0 Å². The number of ether oxygens (including phenoxy) is 1. The molecule has 0 bridgehead atoms. The van der Waals surface area contributed by atoms with Gasteiger partial charge >= 0.3 is 5.97 Å². The number of carbonyl (C=O) groups excluding carboxylic acids is 1. The number of hydrogen-bond acceptors (Lipinski definition) is 2. The smallest absolute Gasteiger partial charge is 0.312 e. The van der Waals surface area contributed by atoms with E-state index in [4.69, 9.17) is 4.74 Å². The van der Waals surface area contributed by atoms with Crippen LogP contribution in [0.1, 0.15) is 155 Å². The molecule has 2 heteroatoms. The second-order valence-corrected chi connectivity index (χ2v) is 11.8. The quantitative estimate of drug-likeness (QED) is 0.220. The molecule has 0 aromatic carbocycles. The third-order valence-electron chi connectivity index (χ3n) is 9.91. The summed E-state index contributed by atoms with van der Waals surface area (Å²) in [4.78, 5) is 13.8. The summed E-state index contributed by atoms with van der Waals surface area (Å²) < 4.78 is 6.10. The summed E-state index contributed by atoms with van der Waals surface area (Å²) in [7, 11) is 0. The third-order valence-corrected chi connectivity index (χ3v) is 9.91. The van der Waals surface area contributed by atoms with Crippen molar-refractivity contribution in [2.75, 3.05) is 6.61 Å². The van der Waals surface area contributed by atoms with Crippen LogP contribution in [-0.2, 0) is 9.53 Å². The van der Waals surface area contributed by atoms with Gasteiger partial charge in [-0.1, -0.05) is 104 Å². The fourth-order valence-electron chi connectivity index (χ4n) is 7.89. The van der Waals surface area contributed by atoms with Crippen LogP contribution in [-0.4, -0.2) is 12.6 Å². The van der Waals surface area contributed by atoms with E-state index in [9.17, 15) is 4.79 Å². The molecule has 3 aliphatic carbocycles. The van der Waals surface area contributed by atoms with Gasteiger partial charge in [0.1, 0.15) is 0 Å². The molecule has 0 amide bonds. The van der Waals surface area contributed by atoms with Crippen LogP contribution in [0.15, 0.2) is 0 Å². The van der Waals surface area contributed by atoms with E-state index in [0.29, 0.717) is 6.61 Å². The number of rotatable bonds is 12. The van der Waals surface area contributed by atoms with E-state index in [2.05, 4.69) is 13.8 Å². The molecule has 3 rings (SSSR count). The van der Waals surface area contributed by atoms with Crippen molar-refractivity contribution in [2.45, 2.75) is 155 Å². The molecule has 0 spiro atoms. The lowest BCUT2D eigenvalue weighted by Gasteiger charge is -2.55. The van der Waals surface area contributed by atoms with E-state index < -0.39 is 0 Å². The van der Waals surface area contributed by atoms with Gasteiger partial charge in [0.15, 0.2) is 0 Å². The summed E-state index contributed by atoms with van der Waals surface area (Å²) in [5, 5.41) is 0. The fraction of sp³-hybridized carbons (Fsp3) is 0.967. The molecule has 0 heterocycles. The van der Waals surface area contributed by atoms with Gasteiger partial charge in [0, 0.05) is 0 Å². The Morgan fingerprint density at radius 2 is 1.28 bits per heavy atom. The summed E-state index contributed by atoms with van der Waals surface area (Å²) in [6.07, 6.45) is 28.6. The van der Waals surface area contributed by atoms with Gasteiger partial charge in [-0.25, -0.2) is 0 Å². The van der Waals surface area contributed by atoms with Gasteiger partial charge in [-0.05, 0) is 68.6 Å². The van der Waals surface area contributed by atoms with Crippen molar-refractivity contribution in [2.24, 2.45) is 22.7 Å². The van der Waals surface area contributed by atoms with Crippen LogP contribution in [0.5, 0.6) is 0 Å². The number of esters is 1. The zero-order valence-electron chi connectivity index (χ0n) is 21.7. The van der Waals surface area contributed by atoms with E-state index in [1.165, 1.54) is 122 Å². The average molecular weight is 447 g/mol. The zero-order chi connectivity index (χ0) is 22.7. The Balaban J connectivity index is 1.75. The highest BCUT2D eigenvalue weighted by atomic mass is 16.5. The summed E-state index contributed by atoms with van der Waals surface area (Å²) >= 11 is 0. The SMILES string of the molecule is CCCCCC[C@]1(C2(C(=O)OCCCCC)CCCCC2)CC[C@@H](C2CCCCC2)CC1. The highest BCUT2D eigenvalue weighted by Crippen LogP contribution is 2.61. The molecule has 0 aliphatic heterocycles. The predicted octanol–water partition coefficient (Wildman–Crippen LogP) is 9.40. The van der Waals surface area contributed by atoms with Crippen LogP contribution in [0.2, 0.25) is 0 Å². The predicted molar refractivity (Wildman–Crippen MR) is 136 cm³/mol. The van der Waals surface area contributed by atoms with Crippen molar-refractivity contribution in [3.63, 3.8) is 0 Å². The lowest BCUT2D eigenvalue weighted by Crippen LogP contribution is -2.52. The minimum Gasteiger partial charge on any atom is -0.465 e. The fourth-order valence-corrected chi connectivity index (χ4v) is 7.89. The molecule has 3 saturated carbocycles. The first kappa shape index (κ1) is 26.1. The van der Waals surface area contributed by atoms with Gasteiger partial charge in [0.05, 0.1) is 12.0 Å². The minimum atomic E-state index is -0.179. The number of hydrogen-bond donors (Lipinski definition) is 0. The molecule has 0 saturated heterocycles. The Kier molecular flexibility index (Phi) is 10.9. The summed E-state index contributed by atoms with van der Waals surface area (Å²) in [6.45, 7) is 5.17. The first-order valence-electron chi connectivity index (χ1n) is 14.8. The monoisotopic (exact) mass is 446 g/mol. The molecular formula is C30H54O2. The van der Waals surface area contributed by atoms with Crippen LogP contribution >= 0.6 is 0 Å². The maximum Gasteiger partial charge on any atom is 0.312 e. The molecule has 0 N–H and O–H groups in total. The van der Waals surface area contributed by atoms with Gasteiger partial charge < -0.3 is 4.74 Å². The topological polar surface area (TPSA) is 26.3 Å².